The van der Waals surface area contributed by atoms with Crippen molar-refractivity contribution in [3.63, 3.8) is 0 Å². The standard InChI is InChI=1S/C19H27NO3SSi/c1-13(23-25(5,6)19(2,3)4)17-15(20-18(17)22)12-16(21)24-14-10-8-7-9-11-14/h7-13,17H,1-6H3,(H,20,22)/b15-12-/t13?,17-/m1/s1. The lowest BCUT2D eigenvalue weighted by molar-refractivity contribution is -0.131. The minimum Gasteiger partial charge on any atom is -0.413 e. The molecular weight excluding hydrogens is 350 g/mol. The number of β-lactam (4-membered cyclic amide) rings is 1. The lowest BCUT2D eigenvalue weighted by Gasteiger charge is -2.42. The molecule has 2 rings (SSSR count). The van der Waals surface area contributed by atoms with Crippen LogP contribution < -0.4 is 5.32 Å². The summed E-state index contributed by atoms with van der Waals surface area (Å²) in [5.41, 5.74) is 0.657. The first kappa shape index (κ1) is 19.9. The summed E-state index contributed by atoms with van der Waals surface area (Å²) in [6, 6.07) is 9.48. The van der Waals surface area contributed by atoms with E-state index in [1.807, 2.05) is 37.3 Å². The monoisotopic (exact) mass is 377 g/mol. The molecule has 1 amide bonds. The molecule has 0 bridgehead atoms. The number of carbonyl (C=O) groups is 2. The number of hydrogen-bond acceptors (Lipinski definition) is 4. The van der Waals surface area contributed by atoms with Crippen LogP contribution in [0.2, 0.25) is 18.1 Å². The molecule has 1 aliphatic heterocycles. The Hall–Kier alpha value is -1.37. The third kappa shape index (κ3) is 4.83. The third-order valence-electron chi connectivity index (χ3n) is 4.88. The predicted molar refractivity (Wildman–Crippen MR) is 105 cm³/mol. The number of rotatable bonds is 5. The zero-order valence-electron chi connectivity index (χ0n) is 15.8. The summed E-state index contributed by atoms with van der Waals surface area (Å²) >= 11 is 1.15. The van der Waals surface area contributed by atoms with E-state index in [0.717, 1.165) is 16.7 Å². The van der Waals surface area contributed by atoms with Gasteiger partial charge in [0.05, 0.1) is 6.10 Å². The molecule has 1 saturated heterocycles. The van der Waals surface area contributed by atoms with Gasteiger partial charge in [0.1, 0.15) is 5.92 Å². The smallest absolute Gasteiger partial charge is 0.235 e. The average Bonchev–Trinajstić information content (AvgIpc) is 2.45. The Bertz CT molecular complexity index is 680. The second-order valence-electron chi connectivity index (χ2n) is 7.88. The van der Waals surface area contributed by atoms with E-state index < -0.39 is 8.32 Å². The molecule has 0 aliphatic carbocycles. The summed E-state index contributed by atoms with van der Waals surface area (Å²) in [5, 5.41) is 2.72. The zero-order valence-corrected chi connectivity index (χ0v) is 17.6. The maximum absolute atomic E-state index is 12.2. The van der Waals surface area contributed by atoms with Crippen LogP contribution in [0.25, 0.3) is 0 Å². The van der Waals surface area contributed by atoms with Crippen LogP contribution in [0.5, 0.6) is 0 Å². The van der Waals surface area contributed by atoms with Crippen molar-refractivity contribution >= 4 is 31.1 Å². The number of thioether (sulfide) groups is 1. The van der Waals surface area contributed by atoms with Gasteiger partial charge in [0, 0.05) is 16.7 Å². The van der Waals surface area contributed by atoms with Crippen LogP contribution in [-0.4, -0.2) is 25.4 Å². The van der Waals surface area contributed by atoms with Crippen molar-refractivity contribution in [3.8, 4) is 0 Å². The van der Waals surface area contributed by atoms with Gasteiger partial charge in [-0.1, -0.05) is 39.0 Å². The fraction of sp³-hybridized carbons (Fsp3) is 0.474. The highest BCUT2D eigenvalue weighted by atomic mass is 32.2. The van der Waals surface area contributed by atoms with Crippen LogP contribution in [0.15, 0.2) is 47.0 Å². The van der Waals surface area contributed by atoms with E-state index in [4.69, 9.17) is 4.43 Å². The van der Waals surface area contributed by atoms with Gasteiger partial charge in [-0.2, -0.15) is 0 Å². The highest BCUT2D eigenvalue weighted by Crippen LogP contribution is 2.39. The molecule has 0 radical (unpaired) electrons. The zero-order chi connectivity index (χ0) is 18.8. The highest BCUT2D eigenvalue weighted by molar-refractivity contribution is 8.14. The average molecular weight is 378 g/mol. The number of hydrogen-bond donors (Lipinski definition) is 1. The van der Waals surface area contributed by atoms with E-state index in [9.17, 15) is 9.59 Å². The first-order valence-electron chi connectivity index (χ1n) is 8.48. The Morgan fingerprint density at radius 1 is 1.28 bits per heavy atom. The molecule has 1 aromatic rings. The number of benzene rings is 1. The molecule has 0 saturated carbocycles. The first-order chi connectivity index (χ1) is 11.5. The summed E-state index contributed by atoms with van der Waals surface area (Å²) in [6.45, 7) is 12.8. The van der Waals surface area contributed by atoms with Gasteiger partial charge in [0.25, 0.3) is 0 Å². The van der Waals surface area contributed by atoms with Gasteiger partial charge in [-0.05, 0) is 49.0 Å². The Morgan fingerprint density at radius 2 is 1.88 bits per heavy atom. The second-order valence-corrected chi connectivity index (χ2v) is 13.7. The molecule has 136 valence electrons. The van der Waals surface area contributed by atoms with Crippen molar-refractivity contribution in [1.82, 2.24) is 5.32 Å². The second kappa shape index (κ2) is 7.48. The lowest BCUT2D eigenvalue weighted by Crippen LogP contribution is -2.55. The maximum atomic E-state index is 12.2. The minimum atomic E-state index is -1.97. The number of amides is 1. The first-order valence-corrected chi connectivity index (χ1v) is 12.2. The molecule has 1 N–H and O–H groups in total. The maximum Gasteiger partial charge on any atom is 0.235 e. The van der Waals surface area contributed by atoms with Gasteiger partial charge in [-0.25, -0.2) is 0 Å². The van der Waals surface area contributed by atoms with Gasteiger partial charge < -0.3 is 9.74 Å². The summed E-state index contributed by atoms with van der Waals surface area (Å²) in [5.74, 6) is -0.454. The van der Waals surface area contributed by atoms with Crippen molar-refractivity contribution in [1.29, 1.82) is 0 Å². The fourth-order valence-electron chi connectivity index (χ4n) is 2.42. The quantitative estimate of drug-likeness (QED) is 0.359. The molecule has 6 heteroatoms. The molecule has 1 aliphatic rings. The van der Waals surface area contributed by atoms with E-state index in [1.165, 1.54) is 6.08 Å². The van der Waals surface area contributed by atoms with Crippen LogP contribution >= 0.6 is 11.8 Å². The van der Waals surface area contributed by atoms with Crippen molar-refractivity contribution < 1.29 is 14.0 Å². The van der Waals surface area contributed by atoms with E-state index in [1.54, 1.807) is 0 Å². The van der Waals surface area contributed by atoms with Crippen molar-refractivity contribution in [2.45, 2.75) is 56.8 Å². The molecule has 1 heterocycles. The van der Waals surface area contributed by atoms with Gasteiger partial charge in [0.2, 0.25) is 11.0 Å². The molecule has 2 atom stereocenters. The molecule has 1 unspecified atom stereocenters. The predicted octanol–water partition coefficient (Wildman–Crippen LogP) is 4.35. The Kier molecular flexibility index (Phi) is 5.96. The third-order valence-corrected chi connectivity index (χ3v) is 10.3. The van der Waals surface area contributed by atoms with Crippen LogP contribution in [0.4, 0.5) is 0 Å². The Morgan fingerprint density at radius 3 is 2.40 bits per heavy atom. The Balaban J connectivity index is 2.05. The van der Waals surface area contributed by atoms with Crippen LogP contribution in [-0.2, 0) is 14.0 Å². The summed E-state index contributed by atoms with van der Waals surface area (Å²) < 4.78 is 6.33. The molecule has 1 aromatic carbocycles. The minimum absolute atomic E-state index is 0.0738. The molecule has 1 fully saturated rings. The summed E-state index contributed by atoms with van der Waals surface area (Å²) in [6.07, 6.45) is 1.28. The summed E-state index contributed by atoms with van der Waals surface area (Å²) in [7, 11) is -1.97. The van der Waals surface area contributed by atoms with E-state index in [-0.39, 0.29) is 28.1 Å². The van der Waals surface area contributed by atoms with Gasteiger partial charge >= 0.3 is 0 Å². The van der Waals surface area contributed by atoms with E-state index in [0.29, 0.717) is 5.70 Å². The highest BCUT2D eigenvalue weighted by Gasteiger charge is 2.45. The molecule has 25 heavy (non-hydrogen) atoms. The van der Waals surface area contributed by atoms with E-state index >= 15 is 0 Å². The summed E-state index contributed by atoms with van der Waals surface area (Å²) in [4.78, 5) is 25.1. The van der Waals surface area contributed by atoms with Crippen LogP contribution in [0.3, 0.4) is 0 Å². The van der Waals surface area contributed by atoms with Crippen LogP contribution in [0.1, 0.15) is 27.7 Å². The van der Waals surface area contributed by atoms with Crippen LogP contribution in [0, 0.1) is 5.92 Å². The molecule has 4 nitrogen and oxygen atoms in total. The largest absolute Gasteiger partial charge is 0.413 e. The molecule has 0 spiro atoms. The fourth-order valence-corrected chi connectivity index (χ4v) is 4.55. The topological polar surface area (TPSA) is 55.4 Å². The van der Waals surface area contributed by atoms with Crippen molar-refractivity contribution in [3.05, 3.63) is 42.1 Å². The molecule has 0 aromatic heterocycles. The van der Waals surface area contributed by atoms with Crippen molar-refractivity contribution in [2.24, 2.45) is 5.92 Å². The normalized spacial score (nSPS) is 20.8. The lowest BCUT2D eigenvalue weighted by atomic mass is 9.91. The molecular formula is C19H27NO3SSi. The van der Waals surface area contributed by atoms with Crippen molar-refractivity contribution in [2.75, 3.05) is 0 Å². The number of carbonyl (C=O) groups excluding carboxylic acids is 2. The Labute approximate surface area is 155 Å². The van der Waals surface area contributed by atoms with E-state index in [2.05, 4.69) is 39.2 Å². The van der Waals surface area contributed by atoms with Gasteiger partial charge in [0.15, 0.2) is 8.32 Å². The van der Waals surface area contributed by atoms with Gasteiger partial charge in [-0.3, -0.25) is 9.59 Å². The number of nitrogens with one attached hydrogen (secondary N) is 1. The SMILES string of the molecule is CC(O[Si](C)(C)C(C)(C)C)[C@H]1C(=O)N/C1=C\C(=O)Sc1ccccc1. The van der Waals surface area contributed by atoms with Gasteiger partial charge in [-0.15, -0.1) is 0 Å².